The van der Waals surface area contributed by atoms with Gasteiger partial charge in [0.2, 0.25) is 5.91 Å². The van der Waals surface area contributed by atoms with Crippen LogP contribution < -0.4 is 16.0 Å². The maximum absolute atomic E-state index is 12.5. The number of hydrogen-bond acceptors (Lipinski definition) is 5. The summed E-state index contributed by atoms with van der Waals surface area (Å²) in [5.41, 5.74) is 1.50. The molecular formula is C22H25N5O4. The fraction of sp³-hybridized carbons (Fsp3) is 0.318. The lowest BCUT2D eigenvalue weighted by atomic mass is 9.96. The van der Waals surface area contributed by atoms with Gasteiger partial charge in [-0.25, -0.2) is 0 Å². The zero-order valence-corrected chi connectivity index (χ0v) is 17.3. The molecule has 0 aliphatic carbocycles. The molecule has 2 heterocycles. The molecule has 9 nitrogen and oxygen atoms in total. The second-order valence-corrected chi connectivity index (χ2v) is 7.40. The number of nitrogens with one attached hydrogen (secondary N) is 3. The highest BCUT2D eigenvalue weighted by atomic mass is 16.2. The van der Waals surface area contributed by atoms with Gasteiger partial charge >= 0.3 is 11.8 Å². The van der Waals surface area contributed by atoms with Crippen LogP contribution in [0.15, 0.2) is 48.8 Å². The number of benzene rings is 1. The summed E-state index contributed by atoms with van der Waals surface area (Å²) in [4.78, 5) is 53.6. The molecule has 0 radical (unpaired) electrons. The molecule has 0 spiro atoms. The molecule has 9 heteroatoms. The molecule has 1 saturated heterocycles. The Morgan fingerprint density at radius 1 is 1.00 bits per heavy atom. The normalized spacial score (nSPS) is 13.9. The summed E-state index contributed by atoms with van der Waals surface area (Å²) < 4.78 is 0. The van der Waals surface area contributed by atoms with Gasteiger partial charge in [-0.2, -0.15) is 0 Å². The number of piperidine rings is 1. The van der Waals surface area contributed by atoms with Gasteiger partial charge in [-0.05, 0) is 49.1 Å². The van der Waals surface area contributed by atoms with Crippen LogP contribution in [0, 0.1) is 5.92 Å². The molecule has 3 rings (SSSR count). The molecule has 4 amide bonds. The number of nitrogens with zero attached hydrogens (tertiary/aromatic N) is 2. The summed E-state index contributed by atoms with van der Waals surface area (Å²) in [5.74, 6) is -1.58. The Hall–Kier alpha value is -3.75. The second-order valence-electron chi connectivity index (χ2n) is 7.40. The zero-order chi connectivity index (χ0) is 22.2. The van der Waals surface area contributed by atoms with Crippen LogP contribution in [0.25, 0.3) is 0 Å². The van der Waals surface area contributed by atoms with Crippen molar-refractivity contribution < 1.29 is 19.2 Å². The van der Waals surface area contributed by atoms with Crippen LogP contribution in [-0.2, 0) is 14.4 Å². The van der Waals surface area contributed by atoms with Crippen molar-refractivity contribution in [3.63, 3.8) is 0 Å². The standard InChI is InChI=1S/C22H25N5O4/c1-15(28)25-18-5-2-6-19(12-18)26-21(30)20(29)24-13-16-7-10-27(11-8-16)22(31)17-4-3-9-23-14-17/h2-6,9,12,14,16H,7-8,10-11,13H2,1H3,(H,24,29)(H,25,28)(H,26,30). The van der Waals surface area contributed by atoms with E-state index in [2.05, 4.69) is 20.9 Å². The summed E-state index contributed by atoms with van der Waals surface area (Å²) in [6, 6.07) is 10.0. The third-order valence-corrected chi connectivity index (χ3v) is 5.01. The number of rotatable bonds is 5. The van der Waals surface area contributed by atoms with Crippen molar-refractivity contribution in [3.8, 4) is 0 Å². The van der Waals surface area contributed by atoms with Crippen molar-refractivity contribution in [1.82, 2.24) is 15.2 Å². The monoisotopic (exact) mass is 423 g/mol. The van der Waals surface area contributed by atoms with Crippen LogP contribution in [0.3, 0.4) is 0 Å². The summed E-state index contributed by atoms with van der Waals surface area (Å²) in [6.07, 6.45) is 4.67. The van der Waals surface area contributed by atoms with Gasteiger partial charge in [0.15, 0.2) is 0 Å². The minimum atomic E-state index is -0.774. The first kappa shape index (κ1) is 21.9. The predicted molar refractivity (Wildman–Crippen MR) is 115 cm³/mol. The minimum Gasteiger partial charge on any atom is -0.348 e. The average molecular weight is 423 g/mol. The van der Waals surface area contributed by atoms with E-state index in [4.69, 9.17) is 0 Å². The van der Waals surface area contributed by atoms with Crippen LogP contribution in [0.4, 0.5) is 11.4 Å². The van der Waals surface area contributed by atoms with Gasteiger partial charge in [-0.1, -0.05) is 6.07 Å². The fourth-order valence-electron chi connectivity index (χ4n) is 3.40. The van der Waals surface area contributed by atoms with E-state index in [1.165, 1.54) is 6.92 Å². The van der Waals surface area contributed by atoms with Crippen molar-refractivity contribution in [2.75, 3.05) is 30.3 Å². The van der Waals surface area contributed by atoms with Gasteiger partial charge < -0.3 is 20.9 Å². The molecule has 0 saturated carbocycles. The number of pyridine rings is 1. The van der Waals surface area contributed by atoms with E-state index >= 15 is 0 Å². The third kappa shape index (κ3) is 6.36. The van der Waals surface area contributed by atoms with Crippen LogP contribution in [0.2, 0.25) is 0 Å². The number of likely N-dealkylation sites (tertiary alicyclic amines) is 1. The summed E-state index contributed by atoms with van der Waals surface area (Å²) in [6.45, 7) is 2.94. The van der Waals surface area contributed by atoms with Crippen molar-refractivity contribution in [2.45, 2.75) is 19.8 Å². The van der Waals surface area contributed by atoms with E-state index in [9.17, 15) is 19.2 Å². The van der Waals surface area contributed by atoms with Gasteiger partial charge in [-0.3, -0.25) is 24.2 Å². The Morgan fingerprint density at radius 3 is 2.35 bits per heavy atom. The lowest BCUT2D eigenvalue weighted by Crippen LogP contribution is -2.43. The maximum atomic E-state index is 12.5. The highest BCUT2D eigenvalue weighted by Crippen LogP contribution is 2.18. The topological polar surface area (TPSA) is 121 Å². The van der Waals surface area contributed by atoms with Crippen molar-refractivity contribution in [1.29, 1.82) is 0 Å². The fourth-order valence-corrected chi connectivity index (χ4v) is 3.40. The average Bonchev–Trinajstić information content (AvgIpc) is 2.77. The van der Waals surface area contributed by atoms with E-state index in [1.807, 2.05) is 0 Å². The lowest BCUT2D eigenvalue weighted by Gasteiger charge is -2.32. The van der Waals surface area contributed by atoms with E-state index in [0.717, 1.165) is 12.8 Å². The highest BCUT2D eigenvalue weighted by Gasteiger charge is 2.24. The highest BCUT2D eigenvalue weighted by molar-refractivity contribution is 6.39. The molecular weight excluding hydrogens is 398 g/mol. The number of carbonyl (C=O) groups is 4. The summed E-state index contributed by atoms with van der Waals surface area (Å²) in [7, 11) is 0. The second kappa shape index (κ2) is 10.3. The van der Waals surface area contributed by atoms with Gasteiger partial charge in [0.1, 0.15) is 0 Å². The van der Waals surface area contributed by atoms with E-state index in [0.29, 0.717) is 36.6 Å². The number of carbonyl (C=O) groups excluding carboxylic acids is 4. The van der Waals surface area contributed by atoms with E-state index < -0.39 is 11.8 Å². The molecule has 1 aromatic heterocycles. The first-order valence-corrected chi connectivity index (χ1v) is 10.1. The maximum Gasteiger partial charge on any atom is 0.313 e. The van der Waals surface area contributed by atoms with Crippen molar-refractivity contribution >= 4 is 35.0 Å². The number of hydrogen-bond donors (Lipinski definition) is 3. The number of amides is 4. The molecule has 3 N–H and O–H groups in total. The molecule has 1 fully saturated rings. The molecule has 0 atom stereocenters. The third-order valence-electron chi connectivity index (χ3n) is 5.01. The van der Waals surface area contributed by atoms with Crippen LogP contribution in [0.5, 0.6) is 0 Å². The smallest absolute Gasteiger partial charge is 0.313 e. The Labute approximate surface area is 180 Å². The lowest BCUT2D eigenvalue weighted by molar-refractivity contribution is -0.136. The number of aromatic nitrogens is 1. The summed E-state index contributed by atoms with van der Waals surface area (Å²) in [5, 5.41) is 7.80. The van der Waals surface area contributed by atoms with Crippen LogP contribution in [-0.4, -0.2) is 53.1 Å². The zero-order valence-electron chi connectivity index (χ0n) is 17.3. The Balaban J connectivity index is 1.42. The molecule has 1 aliphatic rings. The SMILES string of the molecule is CC(=O)Nc1cccc(NC(=O)C(=O)NCC2CCN(C(=O)c3cccnc3)CC2)c1. The van der Waals surface area contributed by atoms with E-state index in [1.54, 1.807) is 53.7 Å². The predicted octanol–water partition coefficient (Wildman–Crippen LogP) is 1.65. The van der Waals surface area contributed by atoms with Crippen molar-refractivity contribution in [2.24, 2.45) is 5.92 Å². The van der Waals surface area contributed by atoms with Crippen LogP contribution >= 0.6 is 0 Å². The molecule has 31 heavy (non-hydrogen) atoms. The summed E-state index contributed by atoms with van der Waals surface area (Å²) >= 11 is 0. The largest absolute Gasteiger partial charge is 0.348 e. The molecule has 2 aromatic rings. The quantitative estimate of drug-likeness (QED) is 0.632. The van der Waals surface area contributed by atoms with Gasteiger partial charge in [0.25, 0.3) is 5.91 Å². The van der Waals surface area contributed by atoms with Gasteiger partial charge in [-0.15, -0.1) is 0 Å². The molecule has 0 bridgehead atoms. The number of anilines is 2. The Kier molecular flexibility index (Phi) is 7.31. The molecule has 1 aromatic carbocycles. The molecule has 162 valence electrons. The molecule has 1 aliphatic heterocycles. The van der Waals surface area contributed by atoms with Gasteiger partial charge in [0.05, 0.1) is 5.56 Å². The van der Waals surface area contributed by atoms with Crippen LogP contribution in [0.1, 0.15) is 30.1 Å². The minimum absolute atomic E-state index is 0.0449. The first-order chi connectivity index (χ1) is 14.9. The Bertz CT molecular complexity index is 955. The van der Waals surface area contributed by atoms with Crippen molar-refractivity contribution in [3.05, 3.63) is 54.4 Å². The Morgan fingerprint density at radius 2 is 1.71 bits per heavy atom. The first-order valence-electron chi connectivity index (χ1n) is 10.1. The van der Waals surface area contributed by atoms with Gasteiger partial charge in [0, 0.05) is 50.3 Å². The van der Waals surface area contributed by atoms with E-state index in [-0.39, 0.29) is 17.7 Å². The molecule has 0 unspecified atom stereocenters.